The Hall–Kier alpha value is -3.88. The average Bonchev–Trinajstić information content (AvgIpc) is 2.92. The Labute approximate surface area is 226 Å². The van der Waals surface area contributed by atoms with Crippen molar-refractivity contribution in [3.63, 3.8) is 0 Å². The van der Waals surface area contributed by atoms with Gasteiger partial charge < -0.3 is 30.7 Å². The predicted molar refractivity (Wildman–Crippen MR) is 145 cm³/mol. The van der Waals surface area contributed by atoms with Gasteiger partial charge in [0.2, 0.25) is 11.9 Å². The van der Waals surface area contributed by atoms with Crippen LogP contribution in [0.2, 0.25) is 0 Å². The molecule has 0 saturated carbocycles. The number of fused-ring (bicyclic) bond motifs is 1. The molecule has 4 N–H and O–H groups in total. The molecule has 0 aliphatic carbocycles. The number of rotatable bonds is 7. The van der Waals surface area contributed by atoms with E-state index in [1.165, 1.54) is 14.2 Å². The maximum absolute atomic E-state index is 15.2. The van der Waals surface area contributed by atoms with Crippen molar-refractivity contribution < 1.29 is 18.7 Å². The summed E-state index contributed by atoms with van der Waals surface area (Å²) in [5.74, 6) is -0.165. The molecule has 1 aliphatic heterocycles. The molecule has 202 valence electrons. The number of nitriles is 1. The number of benzene rings is 2. The molecule has 1 fully saturated rings. The first-order valence-corrected chi connectivity index (χ1v) is 12.0. The minimum atomic E-state index is -0.675. The molecule has 1 unspecified atom stereocenters. The molecular weight excluding hydrogens is 513 g/mol. The maximum atomic E-state index is 15.2. The Balaban J connectivity index is 0.00000400. The van der Waals surface area contributed by atoms with Crippen LogP contribution < -0.4 is 25.8 Å². The van der Waals surface area contributed by atoms with Gasteiger partial charge >= 0.3 is 0 Å². The van der Waals surface area contributed by atoms with Gasteiger partial charge in [-0.1, -0.05) is 19.1 Å². The number of nitrogens with two attached hydrogens (primary N) is 2. The standard InChI is InChI=1S/C26H30FN7O3.ClH/c1-4-17-14-33(21(35)12-19(29)16-7-5-15(13-28)6-8-16)9-10-34(17)26-31-23-18(25(30)32-26)11-20(36-2)24(37-3)22(23)27;/h5-8,11,17,19H,4,9-10,12,14,29H2,1-3H3,(H2,30,31,32);1H/t17?,19-;/m1./s1. The zero-order valence-electron chi connectivity index (χ0n) is 21.5. The van der Waals surface area contributed by atoms with Crippen molar-refractivity contribution in [2.24, 2.45) is 5.73 Å². The van der Waals surface area contributed by atoms with Crippen molar-refractivity contribution in [1.29, 1.82) is 5.26 Å². The van der Waals surface area contributed by atoms with Crippen LogP contribution in [0.3, 0.4) is 0 Å². The number of nitrogen functional groups attached to an aromatic ring is 1. The van der Waals surface area contributed by atoms with E-state index in [4.69, 9.17) is 26.2 Å². The average molecular weight is 544 g/mol. The van der Waals surface area contributed by atoms with E-state index in [1.807, 2.05) is 11.8 Å². The van der Waals surface area contributed by atoms with E-state index < -0.39 is 11.9 Å². The van der Waals surface area contributed by atoms with Gasteiger partial charge in [0.1, 0.15) is 11.3 Å². The number of carbonyl (C=O) groups excluding carboxylic acids is 1. The Morgan fingerprint density at radius 1 is 1.24 bits per heavy atom. The summed E-state index contributed by atoms with van der Waals surface area (Å²) in [6.07, 6.45) is 0.857. The van der Waals surface area contributed by atoms with Gasteiger partial charge in [0, 0.05) is 43.5 Å². The highest BCUT2D eigenvalue weighted by atomic mass is 35.5. The molecule has 1 saturated heterocycles. The molecule has 0 spiro atoms. The number of piperazine rings is 1. The molecule has 2 heterocycles. The molecule has 12 heteroatoms. The van der Waals surface area contributed by atoms with Gasteiger partial charge in [0.15, 0.2) is 17.3 Å². The quantitative estimate of drug-likeness (QED) is 0.459. The van der Waals surface area contributed by atoms with Gasteiger partial charge in [0.05, 0.1) is 25.9 Å². The van der Waals surface area contributed by atoms with E-state index >= 15 is 4.39 Å². The molecule has 1 aromatic heterocycles. The summed E-state index contributed by atoms with van der Waals surface area (Å²) in [7, 11) is 2.77. The zero-order valence-corrected chi connectivity index (χ0v) is 22.3. The van der Waals surface area contributed by atoms with Crippen molar-refractivity contribution in [3.8, 4) is 17.6 Å². The largest absolute Gasteiger partial charge is 0.493 e. The van der Waals surface area contributed by atoms with Gasteiger partial charge in [-0.05, 0) is 30.2 Å². The number of hydrogen-bond donors (Lipinski definition) is 2. The number of ether oxygens (including phenoxy) is 2. The van der Waals surface area contributed by atoms with Crippen LogP contribution in [0.5, 0.6) is 11.5 Å². The van der Waals surface area contributed by atoms with Crippen LogP contribution >= 0.6 is 12.4 Å². The molecule has 2 aromatic carbocycles. The van der Waals surface area contributed by atoms with Crippen LogP contribution in [0.25, 0.3) is 10.9 Å². The third-order valence-electron chi connectivity index (χ3n) is 6.72. The van der Waals surface area contributed by atoms with Gasteiger partial charge in [-0.25, -0.2) is 9.37 Å². The fraction of sp³-hybridized carbons (Fsp3) is 0.385. The highest BCUT2D eigenvalue weighted by molar-refractivity contribution is 5.92. The second-order valence-electron chi connectivity index (χ2n) is 8.87. The van der Waals surface area contributed by atoms with Crippen LogP contribution in [0.15, 0.2) is 30.3 Å². The van der Waals surface area contributed by atoms with Crippen molar-refractivity contribution in [3.05, 3.63) is 47.3 Å². The lowest BCUT2D eigenvalue weighted by Crippen LogP contribution is -2.55. The molecule has 10 nitrogen and oxygen atoms in total. The third-order valence-corrected chi connectivity index (χ3v) is 6.72. The molecule has 3 aromatic rings. The third kappa shape index (κ3) is 5.51. The molecular formula is C26H31ClFN7O3. The Morgan fingerprint density at radius 3 is 2.55 bits per heavy atom. The molecule has 0 bridgehead atoms. The Morgan fingerprint density at radius 2 is 1.95 bits per heavy atom. The van der Waals surface area contributed by atoms with Crippen molar-refractivity contribution in [2.45, 2.75) is 31.8 Å². The van der Waals surface area contributed by atoms with Gasteiger partial charge in [-0.3, -0.25) is 4.79 Å². The number of amides is 1. The van der Waals surface area contributed by atoms with Gasteiger partial charge in [-0.2, -0.15) is 10.2 Å². The summed E-state index contributed by atoms with van der Waals surface area (Å²) in [4.78, 5) is 25.7. The fourth-order valence-corrected chi connectivity index (χ4v) is 4.60. The first kappa shape index (κ1) is 28.7. The van der Waals surface area contributed by atoms with Crippen LogP contribution in [0.4, 0.5) is 16.2 Å². The highest BCUT2D eigenvalue weighted by Crippen LogP contribution is 2.38. The number of methoxy groups -OCH3 is 2. The van der Waals surface area contributed by atoms with E-state index in [0.29, 0.717) is 43.0 Å². The lowest BCUT2D eigenvalue weighted by molar-refractivity contribution is -0.132. The zero-order chi connectivity index (χ0) is 26.7. The molecule has 4 rings (SSSR count). The lowest BCUT2D eigenvalue weighted by Gasteiger charge is -2.41. The van der Waals surface area contributed by atoms with Crippen LogP contribution in [-0.2, 0) is 4.79 Å². The lowest BCUT2D eigenvalue weighted by atomic mass is 10.0. The number of carbonyl (C=O) groups is 1. The number of nitrogens with zero attached hydrogens (tertiary/aromatic N) is 5. The summed E-state index contributed by atoms with van der Waals surface area (Å²) < 4.78 is 25.6. The molecule has 38 heavy (non-hydrogen) atoms. The number of hydrogen-bond acceptors (Lipinski definition) is 9. The van der Waals surface area contributed by atoms with E-state index in [0.717, 1.165) is 5.56 Å². The molecule has 2 atom stereocenters. The van der Waals surface area contributed by atoms with Gasteiger partial charge in [0.25, 0.3) is 0 Å². The summed E-state index contributed by atoms with van der Waals surface area (Å²) in [5.41, 5.74) is 13.9. The molecule has 1 amide bonds. The SMILES string of the molecule is CCC1CN(C(=O)C[C@@H](N)c2ccc(C#N)cc2)CCN1c1nc(N)c2cc(OC)c(OC)c(F)c2n1.Cl. The van der Waals surface area contributed by atoms with E-state index in [9.17, 15) is 4.79 Å². The van der Waals surface area contributed by atoms with Crippen LogP contribution in [0, 0.1) is 17.1 Å². The number of anilines is 2. The minimum Gasteiger partial charge on any atom is -0.493 e. The van der Waals surface area contributed by atoms with Gasteiger partial charge in [-0.15, -0.1) is 12.4 Å². The first-order chi connectivity index (χ1) is 17.8. The first-order valence-electron chi connectivity index (χ1n) is 12.0. The fourth-order valence-electron chi connectivity index (χ4n) is 4.60. The second kappa shape index (κ2) is 12.1. The smallest absolute Gasteiger partial charge is 0.228 e. The van der Waals surface area contributed by atoms with Crippen LogP contribution in [0.1, 0.15) is 36.9 Å². The summed E-state index contributed by atoms with van der Waals surface area (Å²) >= 11 is 0. The predicted octanol–water partition coefficient (Wildman–Crippen LogP) is 3.18. The topological polar surface area (TPSA) is 144 Å². The van der Waals surface area contributed by atoms with E-state index in [-0.39, 0.29) is 53.6 Å². The van der Waals surface area contributed by atoms with E-state index in [2.05, 4.69) is 16.0 Å². The summed E-state index contributed by atoms with van der Waals surface area (Å²) in [6.45, 7) is 3.35. The second-order valence-corrected chi connectivity index (χ2v) is 8.87. The Kier molecular flexibility index (Phi) is 9.14. The van der Waals surface area contributed by atoms with E-state index in [1.54, 1.807) is 35.2 Å². The van der Waals surface area contributed by atoms with Crippen molar-refractivity contribution in [2.75, 3.05) is 44.5 Å². The Bertz CT molecular complexity index is 1350. The monoisotopic (exact) mass is 543 g/mol. The van der Waals surface area contributed by atoms with Crippen LogP contribution in [-0.4, -0.2) is 60.7 Å². The number of halogens is 2. The summed E-state index contributed by atoms with van der Waals surface area (Å²) in [5, 5.41) is 9.30. The minimum absolute atomic E-state index is 0. The highest BCUT2D eigenvalue weighted by Gasteiger charge is 2.32. The molecule has 1 aliphatic rings. The summed E-state index contributed by atoms with van der Waals surface area (Å²) in [6, 6.07) is 9.98. The number of aromatic nitrogens is 2. The maximum Gasteiger partial charge on any atom is 0.228 e. The van der Waals surface area contributed by atoms with Crippen molar-refractivity contribution >= 4 is 41.0 Å². The normalized spacial score (nSPS) is 15.9. The molecule has 0 radical (unpaired) electrons. The van der Waals surface area contributed by atoms with Crippen molar-refractivity contribution in [1.82, 2.24) is 14.9 Å².